The molecule has 0 aliphatic heterocycles. The maximum atomic E-state index is 13.1. The first-order valence-corrected chi connectivity index (χ1v) is 5.32. The smallest absolute Gasteiger partial charge is 0.137 e. The van der Waals surface area contributed by atoms with Gasteiger partial charge in [-0.25, -0.2) is 4.39 Å². The SMILES string of the molecule is Cc1cc(F)c(Br)cc1CC(C)(C)N. The second-order valence-electron chi connectivity index (χ2n) is 4.36. The van der Waals surface area contributed by atoms with E-state index >= 15 is 0 Å². The highest BCUT2D eigenvalue weighted by molar-refractivity contribution is 9.10. The minimum atomic E-state index is -0.262. The summed E-state index contributed by atoms with van der Waals surface area (Å²) in [5.74, 6) is -0.221. The zero-order chi connectivity index (χ0) is 10.9. The van der Waals surface area contributed by atoms with Gasteiger partial charge in [0.25, 0.3) is 0 Å². The quantitative estimate of drug-likeness (QED) is 0.868. The van der Waals surface area contributed by atoms with Crippen molar-refractivity contribution in [2.45, 2.75) is 32.7 Å². The van der Waals surface area contributed by atoms with Crippen molar-refractivity contribution in [3.8, 4) is 0 Å². The Balaban J connectivity index is 3.04. The average Bonchev–Trinajstić information content (AvgIpc) is 1.97. The van der Waals surface area contributed by atoms with Crippen LogP contribution in [0.5, 0.6) is 0 Å². The molecule has 0 radical (unpaired) electrons. The van der Waals surface area contributed by atoms with Crippen molar-refractivity contribution >= 4 is 15.9 Å². The van der Waals surface area contributed by atoms with Crippen molar-refractivity contribution in [1.82, 2.24) is 0 Å². The molecular weight excluding hydrogens is 245 g/mol. The number of hydrogen-bond acceptors (Lipinski definition) is 1. The summed E-state index contributed by atoms with van der Waals surface area (Å²) >= 11 is 3.17. The molecule has 0 spiro atoms. The van der Waals surface area contributed by atoms with Gasteiger partial charge in [-0.2, -0.15) is 0 Å². The van der Waals surface area contributed by atoms with Crippen LogP contribution in [0.25, 0.3) is 0 Å². The lowest BCUT2D eigenvalue weighted by Gasteiger charge is -2.20. The van der Waals surface area contributed by atoms with Gasteiger partial charge in [0.05, 0.1) is 4.47 Å². The molecule has 2 N–H and O–H groups in total. The number of nitrogens with two attached hydrogens (primary N) is 1. The van der Waals surface area contributed by atoms with Crippen molar-refractivity contribution in [1.29, 1.82) is 0 Å². The molecule has 0 amide bonds. The number of aryl methyl sites for hydroxylation is 1. The summed E-state index contributed by atoms with van der Waals surface area (Å²) in [6, 6.07) is 3.34. The first kappa shape index (κ1) is 11.7. The van der Waals surface area contributed by atoms with E-state index in [4.69, 9.17) is 5.73 Å². The third kappa shape index (κ3) is 3.07. The minimum absolute atomic E-state index is 0.221. The molecule has 1 rings (SSSR count). The summed E-state index contributed by atoms with van der Waals surface area (Å²) < 4.78 is 13.6. The van der Waals surface area contributed by atoms with E-state index in [-0.39, 0.29) is 11.4 Å². The van der Waals surface area contributed by atoms with Crippen molar-refractivity contribution < 1.29 is 4.39 Å². The predicted octanol–water partition coefficient (Wildman–Crippen LogP) is 3.18. The maximum Gasteiger partial charge on any atom is 0.137 e. The van der Waals surface area contributed by atoms with Gasteiger partial charge in [0.1, 0.15) is 5.82 Å². The van der Waals surface area contributed by atoms with Gasteiger partial charge < -0.3 is 5.73 Å². The molecule has 3 heteroatoms. The molecule has 0 heterocycles. The molecule has 0 bridgehead atoms. The van der Waals surface area contributed by atoms with Crippen LogP contribution in [0.3, 0.4) is 0 Å². The lowest BCUT2D eigenvalue weighted by molar-refractivity contribution is 0.514. The van der Waals surface area contributed by atoms with Crippen LogP contribution in [0.4, 0.5) is 4.39 Å². The highest BCUT2D eigenvalue weighted by atomic mass is 79.9. The van der Waals surface area contributed by atoms with Gasteiger partial charge in [-0.05, 0) is 66.4 Å². The lowest BCUT2D eigenvalue weighted by atomic mass is 9.93. The van der Waals surface area contributed by atoms with Crippen LogP contribution in [-0.2, 0) is 6.42 Å². The fraction of sp³-hybridized carbons (Fsp3) is 0.455. The minimum Gasteiger partial charge on any atom is -0.325 e. The molecule has 14 heavy (non-hydrogen) atoms. The van der Waals surface area contributed by atoms with E-state index in [0.717, 1.165) is 17.5 Å². The van der Waals surface area contributed by atoms with Gasteiger partial charge in [0.2, 0.25) is 0 Å². The highest BCUT2D eigenvalue weighted by Crippen LogP contribution is 2.22. The molecule has 0 fully saturated rings. The van der Waals surface area contributed by atoms with E-state index in [9.17, 15) is 4.39 Å². The molecule has 1 nitrogen and oxygen atoms in total. The number of halogens is 2. The summed E-state index contributed by atoms with van der Waals surface area (Å²) in [6.45, 7) is 5.82. The topological polar surface area (TPSA) is 26.0 Å². The number of rotatable bonds is 2. The summed E-state index contributed by atoms with van der Waals surface area (Å²) in [7, 11) is 0. The van der Waals surface area contributed by atoms with E-state index in [1.807, 2.05) is 20.8 Å². The number of benzene rings is 1. The summed E-state index contributed by atoms with van der Waals surface area (Å²) in [5.41, 5.74) is 7.69. The van der Waals surface area contributed by atoms with E-state index in [1.165, 1.54) is 6.07 Å². The van der Waals surface area contributed by atoms with Gasteiger partial charge in [0.15, 0.2) is 0 Å². The number of hydrogen-bond donors (Lipinski definition) is 1. The molecule has 78 valence electrons. The first-order chi connectivity index (χ1) is 6.29. The van der Waals surface area contributed by atoms with Gasteiger partial charge in [0, 0.05) is 5.54 Å². The molecular formula is C11H15BrFN. The Hall–Kier alpha value is -0.410. The Morgan fingerprint density at radius 1 is 1.43 bits per heavy atom. The van der Waals surface area contributed by atoms with Crippen LogP contribution < -0.4 is 5.73 Å². The summed E-state index contributed by atoms with van der Waals surface area (Å²) in [6.07, 6.45) is 0.748. The van der Waals surface area contributed by atoms with Crippen LogP contribution in [0.15, 0.2) is 16.6 Å². The van der Waals surface area contributed by atoms with Gasteiger partial charge in [-0.1, -0.05) is 0 Å². The third-order valence-electron chi connectivity index (χ3n) is 2.02. The van der Waals surface area contributed by atoms with Crippen molar-refractivity contribution in [3.05, 3.63) is 33.5 Å². The average molecular weight is 260 g/mol. The standard InChI is InChI=1S/C11H15BrFN/c1-7-4-10(13)9(12)5-8(7)6-11(2,3)14/h4-5H,6,14H2,1-3H3. The lowest BCUT2D eigenvalue weighted by Crippen LogP contribution is -2.34. The molecule has 1 aromatic carbocycles. The highest BCUT2D eigenvalue weighted by Gasteiger charge is 2.14. The van der Waals surface area contributed by atoms with Gasteiger partial charge >= 0.3 is 0 Å². The van der Waals surface area contributed by atoms with E-state index in [2.05, 4.69) is 15.9 Å². The Morgan fingerprint density at radius 2 is 2.00 bits per heavy atom. The van der Waals surface area contributed by atoms with E-state index in [0.29, 0.717) is 4.47 Å². The molecule has 1 aromatic rings. The summed E-state index contributed by atoms with van der Waals surface area (Å²) in [4.78, 5) is 0. The van der Waals surface area contributed by atoms with Crippen LogP contribution in [0.2, 0.25) is 0 Å². The first-order valence-electron chi connectivity index (χ1n) is 4.53. The molecule has 0 atom stereocenters. The predicted molar refractivity (Wildman–Crippen MR) is 60.8 cm³/mol. The fourth-order valence-electron chi connectivity index (χ4n) is 1.37. The Kier molecular flexibility index (Phi) is 3.32. The normalized spacial score (nSPS) is 11.9. The van der Waals surface area contributed by atoms with Crippen LogP contribution in [-0.4, -0.2) is 5.54 Å². The van der Waals surface area contributed by atoms with Crippen molar-refractivity contribution in [2.75, 3.05) is 0 Å². The van der Waals surface area contributed by atoms with Crippen LogP contribution in [0, 0.1) is 12.7 Å². The summed E-state index contributed by atoms with van der Waals surface area (Å²) in [5, 5.41) is 0. The van der Waals surface area contributed by atoms with E-state index < -0.39 is 0 Å². The van der Waals surface area contributed by atoms with Crippen molar-refractivity contribution in [2.24, 2.45) is 5.73 Å². The third-order valence-corrected chi connectivity index (χ3v) is 2.63. The Bertz CT molecular complexity index is 342. The second-order valence-corrected chi connectivity index (χ2v) is 5.21. The Labute approximate surface area is 92.6 Å². The molecule has 0 aliphatic rings. The largest absolute Gasteiger partial charge is 0.325 e. The molecule has 0 aliphatic carbocycles. The molecule has 0 saturated heterocycles. The second kappa shape index (κ2) is 3.99. The zero-order valence-corrected chi connectivity index (χ0v) is 10.3. The Morgan fingerprint density at radius 3 is 2.50 bits per heavy atom. The monoisotopic (exact) mass is 259 g/mol. The molecule has 0 saturated carbocycles. The van der Waals surface area contributed by atoms with Gasteiger partial charge in [-0.15, -0.1) is 0 Å². The molecule has 0 aromatic heterocycles. The maximum absolute atomic E-state index is 13.1. The van der Waals surface area contributed by atoms with E-state index in [1.54, 1.807) is 6.07 Å². The molecule has 0 unspecified atom stereocenters. The van der Waals surface area contributed by atoms with Crippen LogP contribution in [0.1, 0.15) is 25.0 Å². The van der Waals surface area contributed by atoms with Gasteiger partial charge in [-0.3, -0.25) is 0 Å². The van der Waals surface area contributed by atoms with Crippen molar-refractivity contribution in [3.63, 3.8) is 0 Å². The zero-order valence-electron chi connectivity index (χ0n) is 8.70. The van der Waals surface area contributed by atoms with Crippen LogP contribution >= 0.6 is 15.9 Å². The fourth-order valence-corrected chi connectivity index (χ4v) is 1.76.